The van der Waals surface area contributed by atoms with Crippen LogP contribution in [0.15, 0.2) is 12.1 Å². The highest BCUT2D eigenvalue weighted by Gasteiger charge is 2.54. The topological polar surface area (TPSA) is 51.2 Å². The minimum Gasteiger partial charge on any atom is -0.496 e. The Morgan fingerprint density at radius 2 is 1.83 bits per heavy atom. The van der Waals surface area contributed by atoms with E-state index in [-0.39, 0.29) is 11.3 Å². The van der Waals surface area contributed by atoms with Gasteiger partial charge in [0.15, 0.2) is 5.13 Å². The Morgan fingerprint density at radius 3 is 2.48 bits per heavy atom. The maximum absolute atomic E-state index is 13.4. The second kappa shape index (κ2) is 6.31. The minimum atomic E-state index is -0.122. The highest BCUT2D eigenvalue weighted by atomic mass is 32.1. The lowest BCUT2D eigenvalue weighted by molar-refractivity contribution is -0.140. The highest BCUT2D eigenvalue weighted by Crippen LogP contribution is 2.60. The molecule has 0 radical (unpaired) electrons. The summed E-state index contributed by atoms with van der Waals surface area (Å²) in [5, 5.41) is 4.06. The van der Waals surface area contributed by atoms with Gasteiger partial charge in [0, 0.05) is 10.4 Å². The molecule has 1 N–H and O–H groups in total. The molecule has 7 rings (SSSR count). The monoisotopic (exact) mass is 408 g/mol. The third-order valence-electron chi connectivity index (χ3n) is 7.93. The molecular weight excluding hydrogens is 380 g/mol. The normalized spacial score (nSPS) is 31.3. The van der Waals surface area contributed by atoms with Crippen LogP contribution in [0.3, 0.4) is 0 Å². The van der Waals surface area contributed by atoms with Crippen molar-refractivity contribution in [2.75, 3.05) is 12.4 Å². The number of methoxy groups -OCH3 is 1. The Hall–Kier alpha value is -1.88. The molecule has 5 heteroatoms. The van der Waals surface area contributed by atoms with E-state index in [1.54, 1.807) is 18.4 Å². The van der Waals surface area contributed by atoms with E-state index in [0.29, 0.717) is 0 Å². The number of fused-ring (bicyclic) bond motifs is 3. The first-order valence-electron chi connectivity index (χ1n) is 11.0. The number of thiazole rings is 1. The van der Waals surface area contributed by atoms with Crippen LogP contribution in [-0.2, 0) is 17.6 Å². The number of aromatic nitrogens is 1. The zero-order chi connectivity index (χ0) is 19.8. The van der Waals surface area contributed by atoms with Crippen molar-refractivity contribution in [2.45, 2.75) is 58.3 Å². The first-order chi connectivity index (χ1) is 14.0. The first-order valence-corrected chi connectivity index (χ1v) is 11.8. The Balaban J connectivity index is 1.29. The number of carbonyl (C=O) groups is 1. The van der Waals surface area contributed by atoms with Crippen molar-refractivity contribution >= 4 is 22.4 Å². The summed E-state index contributed by atoms with van der Waals surface area (Å²) in [6, 6.07) is 4.34. The highest BCUT2D eigenvalue weighted by molar-refractivity contribution is 7.16. The maximum atomic E-state index is 13.4. The summed E-state index contributed by atoms with van der Waals surface area (Å²) < 4.78 is 5.50. The van der Waals surface area contributed by atoms with Gasteiger partial charge in [-0.15, -0.1) is 11.3 Å². The average molecular weight is 409 g/mol. The fourth-order valence-corrected chi connectivity index (χ4v) is 8.00. The third kappa shape index (κ3) is 2.77. The number of rotatable bonds is 3. The SMILES string of the molecule is COc1cc2c(cc1C)-c1nc(NC(=O)C34CC5CC(CC(C5)C3)C4)sc1CC2. The second-order valence-electron chi connectivity index (χ2n) is 9.92. The largest absolute Gasteiger partial charge is 0.496 e. The smallest absolute Gasteiger partial charge is 0.232 e. The molecule has 5 aliphatic rings. The van der Waals surface area contributed by atoms with Crippen molar-refractivity contribution in [3.8, 4) is 17.0 Å². The first kappa shape index (κ1) is 17.9. The molecule has 1 heterocycles. The van der Waals surface area contributed by atoms with Crippen LogP contribution >= 0.6 is 11.3 Å². The minimum absolute atomic E-state index is 0.122. The van der Waals surface area contributed by atoms with Crippen LogP contribution in [0.2, 0.25) is 0 Å². The molecule has 4 nitrogen and oxygen atoms in total. The van der Waals surface area contributed by atoms with Gasteiger partial charge in [-0.25, -0.2) is 4.98 Å². The van der Waals surface area contributed by atoms with Crippen molar-refractivity contribution in [3.63, 3.8) is 0 Å². The fourth-order valence-electron chi connectivity index (χ4n) is 7.03. The summed E-state index contributed by atoms with van der Waals surface area (Å²) in [5.41, 5.74) is 4.57. The van der Waals surface area contributed by atoms with E-state index in [4.69, 9.17) is 9.72 Å². The molecule has 1 amide bonds. The molecule has 152 valence electrons. The Kier molecular flexibility index (Phi) is 3.90. The summed E-state index contributed by atoms with van der Waals surface area (Å²) in [5.74, 6) is 3.52. The molecular formula is C24H28N2O2S. The van der Waals surface area contributed by atoms with Gasteiger partial charge < -0.3 is 10.1 Å². The van der Waals surface area contributed by atoms with Gasteiger partial charge in [-0.1, -0.05) is 0 Å². The molecule has 4 fully saturated rings. The van der Waals surface area contributed by atoms with Gasteiger partial charge in [0.05, 0.1) is 18.2 Å². The molecule has 1 aromatic heterocycles. The number of ether oxygens (including phenoxy) is 1. The van der Waals surface area contributed by atoms with Crippen LogP contribution < -0.4 is 10.1 Å². The number of benzene rings is 1. The third-order valence-corrected chi connectivity index (χ3v) is 8.97. The predicted octanol–water partition coefficient (Wildman–Crippen LogP) is 5.38. The molecule has 0 saturated heterocycles. The second-order valence-corrected chi connectivity index (χ2v) is 11.0. The molecule has 2 aromatic rings. The van der Waals surface area contributed by atoms with Crippen LogP contribution in [0.5, 0.6) is 5.75 Å². The molecule has 0 spiro atoms. The van der Waals surface area contributed by atoms with Crippen LogP contribution in [0, 0.1) is 30.1 Å². The van der Waals surface area contributed by atoms with Crippen molar-refractivity contribution in [3.05, 3.63) is 28.1 Å². The van der Waals surface area contributed by atoms with Crippen LogP contribution in [0.4, 0.5) is 5.13 Å². The van der Waals surface area contributed by atoms with Crippen LogP contribution in [-0.4, -0.2) is 18.0 Å². The van der Waals surface area contributed by atoms with Crippen LogP contribution in [0.1, 0.15) is 54.5 Å². The van der Waals surface area contributed by atoms with Gasteiger partial charge in [0.2, 0.25) is 5.91 Å². The maximum Gasteiger partial charge on any atom is 0.232 e. The number of hydrogen-bond acceptors (Lipinski definition) is 4. The Labute approximate surface area is 176 Å². The number of anilines is 1. The lowest BCUT2D eigenvalue weighted by Gasteiger charge is -2.55. The van der Waals surface area contributed by atoms with Gasteiger partial charge in [-0.2, -0.15) is 0 Å². The standard InChI is InChI=1S/C24H28N2O2S/c1-13-5-18-17(9-19(13)28-2)3-4-20-21(18)25-23(29-20)26-22(27)24-10-14-6-15(11-24)8-16(7-14)12-24/h5,9,14-16H,3-4,6-8,10-12H2,1-2H3,(H,25,26,27). The van der Waals surface area contributed by atoms with Gasteiger partial charge in [0.1, 0.15) is 5.75 Å². The van der Waals surface area contributed by atoms with Gasteiger partial charge in [-0.05, 0) is 99.3 Å². The quantitative estimate of drug-likeness (QED) is 0.742. The number of nitrogens with one attached hydrogen (secondary N) is 1. The van der Waals surface area contributed by atoms with E-state index < -0.39 is 0 Å². The summed E-state index contributed by atoms with van der Waals surface area (Å²) in [7, 11) is 1.73. The zero-order valence-corrected chi connectivity index (χ0v) is 18.0. The molecule has 0 atom stereocenters. The molecule has 1 aromatic carbocycles. The van der Waals surface area contributed by atoms with Gasteiger partial charge >= 0.3 is 0 Å². The molecule has 4 saturated carbocycles. The van der Waals surface area contributed by atoms with E-state index in [1.807, 2.05) is 0 Å². The number of nitrogens with zero attached hydrogens (tertiary/aromatic N) is 1. The fraction of sp³-hybridized carbons (Fsp3) is 0.583. The van der Waals surface area contributed by atoms with Crippen molar-refractivity contribution in [1.82, 2.24) is 4.98 Å². The van der Waals surface area contributed by atoms with Gasteiger partial charge in [-0.3, -0.25) is 4.79 Å². The summed E-state index contributed by atoms with van der Waals surface area (Å²) in [6.45, 7) is 2.08. The number of aryl methyl sites for hydroxylation is 3. The van der Waals surface area contributed by atoms with E-state index >= 15 is 0 Å². The molecule has 0 unspecified atom stereocenters. The van der Waals surface area contributed by atoms with Crippen molar-refractivity contribution < 1.29 is 9.53 Å². The van der Waals surface area contributed by atoms with E-state index in [0.717, 1.165) is 72.0 Å². The van der Waals surface area contributed by atoms with E-state index in [9.17, 15) is 4.79 Å². The zero-order valence-electron chi connectivity index (χ0n) is 17.2. The number of hydrogen-bond donors (Lipinski definition) is 1. The Morgan fingerprint density at radius 1 is 1.14 bits per heavy atom. The number of carbonyl (C=O) groups excluding carboxylic acids is 1. The van der Waals surface area contributed by atoms with Crippen molar-refractivity contribution in [2.24, 2.45) is 23.2 Å². The van der Waals surface area contributed by atoms with Crippen molar-refractivity contribution in [1.29, 1.82) is 0 Å². The Bertz CT molecular complexity index is 973. The van der Waals surface area contributed by atoms with Gasteiger partial charge in [0.25, 0.3) is 0 Å². The van der Waals surface area contributed by atoms with E-state index in [1.165, 1.54) is 35.3 Å². The van der Waals surface area contributed by atoms with Crippen LogP contribution in [0.25, 0.3) is 11.3 Å². The lowest BCUT2D eigenvalue weighted by atomic mass is 9.49. The average Bonchev–Trinajstić information content (AvgIpc) is 3.09. The molecule has 0 aliphatic heterocycles. The number of amides is 1. The predicted molar refractivity (Wildman–Crippen MR) is 115 cm³/mol. The molecule has 4 bridgehead atoms. The molecule has 5 aliphatic carbocycles. The summed E-state index contributed by atoms with van der Waals surface area (Å²) in [6.07, 6.45) is 9.35. The van der Waals surface area contributed by atoms with E-state index in [2.05, 4.69) is 24.4 Å². The lowest BCUT2D eigenvalue weighted by Crippen LogP contribution is -2.51. The summed E-state index contributed by atoms with van der Waals surface area (Å²) in [4.78, 5) is 19.6. The molecule has 29 heavy (non-hydrogen) atoms. The summed E-state index contributed by atoms with van der Waals surface area (Å²) >= 11 is 1.67.